The Morgan fingerprint density at radius 3 is 2.88 bits per heavy atom. The average molecular weight is 315 g/mol. The van der Waals surface area contributed by atoms with E-state index in [4.69, 9.17) is 16.0 Å². The zero-order chi connectivity index (χ0) is 12.0. The fourth-order valence-corrected chi connectivity index (χ4v) is 3.02. The van der Waals surface area contributed by atoms with Crippen LogP contribution >= 0.6 is 27.5 Å². The maximum Gasteiger partial charge on any atom is 0.154 e. The quantitative estimate of drug-likeness (QED) is 0.905. The number of furan rings is 1. The summed E-state index contributed by atoms with van der Waals surface area (Å²) < 4.78 is 7.00. The molecule has 1 N–H and O–H groups in total. The number of rotatable bonds is 3. The zero-order valence-corrected chi connectivity index (χ0v) is 11.9. The molecular formula is C13H13BrClNO. The summed E-state index contributed by atoms with van der Waals surface area (Å²) in [6, 6.07) is 3.87. The van der Waals surface area contributed by atoms with Crippen molar-refractivity contribution in [3.63, 3.8) is 0 Å². The van der Waals surface area contributed by atoms with Crippen molar-refractivity contribution in [1.29, 1.82) is 0 Å². The summed E-state index contributed by atoms with van der Waals surface area (Å²) in [5.74, 6) is 1.67. The van der Waals surface area contributed by atoms with Gasteiger partial charge in [-0.05, 0) is 37.9 Å². The molecule has 1 aromatic carbocycles. The number of fused-ring (bicyclic) bond motifs is 1. The minimum Gasteiger partial charge on any atom is -0.458 e. The fourth-order valence-electron chi connectivity index (χ4n) is 2.30. The molecule has 0 radical (unpaired) electrons. The van der Waals surface area contributed by atoms with Crippen molar-refractivity contribution >= 4 is 38.5 Å². The van der Waals surface area contributed by atoms with Crippen molar-refractivity contribution in [3.05, 3.63) is 33.0 Å². The third kappa shape index (κ3) is 1.90. The standard InChI is InChI=1S/C13H13BrClNO/c1-16-6-10-11(7-2-3-7)12-8(14)4-5-9(15)13(12)17-10/h4-5,7,16H,2-3,6H2,1H3. The van der Waals surface area contributed by atoms with Crippen molar-refractivity contribution in [2.75, 3.05) is 7.05 Å². The molecule has 0 atom stereocenters. The molecule has 1 aliphatic rings. The van der Waals surface area contributed by atoms with Crippen LogP contribution in [0.4, 0.5) is 0 Å². The minimum absolute atomic E-state index is 0.648. The van der Waals surface area contributed by atoms with Crippen molar-refractivity contribution in [2.45, 2.75) is 25.3 Å². The van der Waals surface area contributed by atoms with E-state index in [0.29, 0.717) is 10.9 Å². The number of halogens is 2. The van der Waals surface area contributed by atoms with Gasteiger partial charge in [0.25, 0.3) is 0 Å². The maximum absolute atomic E-state index is 6.20. The summed E-state index contributed by atoms with van der Waals surface area (Å²) >= 11 is 9.81. The van der Waals surface area contributed by atoms with E-state index in [2.05, 4.69) is 21.2 Å². The van der Waals surface area contributed by atoms with Crippen molar-refractivity contribution < 1.29 is 4.42 Å². The highest BCUT2D eigenvalue weighted by atomic mass is 79.9. The van der Waals surface area contributed by atoms with E-state index < -0.39 is 0 Å². The van der Waals surface area contributed by atoms with Crippen LogP contribution in [0.2, 0.25) is 5.02 Å². The van der Waals surface area contributed by atoms with Crippen LogP contribution in [0.15, 0.2) is 21.0 Å². The molecule has 0 bridgehead atoms. The lowest BCUT2D eigenvalue weighted by Gasteiger charge is -2.01. The Balaban J connectivity index is 2.30. The summed E-state index contributed by atoms with van der Waals surface area (Å²) in [5, 5.41) is 5.00. The lowest BCUT2D eigenvalue weighted by molar-refractivity contribution is 0.524. The van der Waals surface area contributed by atoms with Gasteiger partial charge in [-0.1, -0.05) is 27.5 Å². The summed E-state index contributed by atoms with van der Waals surface area (Å²) in [6.45, 7) is 0.753. The predicted molar refractivity (Wildman–Crippen MR) is 73.7 cm³/mol. The van der Waals surface area contributed by atoms with E-state index >= 15 is 0 Å². The number of benzene rings is 1. The minimum atomic E-state index is 0.648. The molecule has 2 nitrogen and oxygen atoms in total. The summed E-state index contributed by atoms with van der Waals surface area (Å²) in [4.78, 5) is 0. The molecule has 1 aromatic heterocycles. The Kier molecular flexibility index (Phi) is 2.93. The molecule has 0 unspecified atom stereocenters. The molecule has 1 heterocycles. The Labute approximate surface area is 113 Å². The van der Waals surface area contributed by atoms with Crippen LogP contribution < -0.4 is 5.32 Å². The molecular weight excluding hydrogens is 302 g/mol. The van der Waals surface area contributed by atoms with Crippen LogP contribution in [0.5, 0.6) is 0 Å². The highest BCUT2D eigenvalue weighted by Crippen LogP contribution is 2.49. The second-order valence-corrected chi connectivity index (χ2v) is 5.74. The van der Waals surface area contributed by atoms with Gasteiger partial charge in [0.1, 0.15) is 5.76 Å². The van der Waals surface area contributed by atoms with Crippen LogP contribution in [-0.4, -0.2) is 7.05 Å². The number of hydrogen-bond acceptors (Lipinski definition) is 2. The van der Waals surface area contributed by atoms with Gasteiger partial charge in [-0.3, -0.25) is 0 Å². The second kappa shape index (κ2) is 4.30. The number of nitrogens with one attached hydrogen (secondary N) is 1. The van der Waals surface area contributed by atoms with E-state index in [9.17, 15) is 0 Å². The third-order valence-corrected chi connectivity index (χ3v) is 4.14. The largest absolute Gasteiger partial charge is 0.458 e. The normalized spacial score (nSPS) is 15.7. The number of hydrogen-bond donors (Lipinski definition) is 1. The summed E-state index contributed by atoms with van der Waals surface area (Å²) in [7, 11) is 1.93. The van der Waals surface area contributed by atoms with Gasteiger partial charge >= 0.3 is 0 Å². The second-order valence-electron chi connectivity index (χ2n) is 4.48. The molecule has 1 aliphatic carbocycles. The molecule has 90 valence electrons. The van der Waals surface area contributed by atoms with Crippen LogP contribution in [0, 0.1) is 0 Å². The molecule has 0 amide bonds. The van der Waals surface area contributed by atoms with Crippen LogP contribution in [0.3, 0.4) is 0 Å². The molecule has 1 saturated carbocycles. The highest BCUT2D eigenvalue weighted by Gasteiger charge is 2.32. The van der Waals surface area contributed by atoms with Gasteiger partial charge in [-0.25, -0.2) is 0 Å². The lowest BCUT2D eigenvalue weighted by atomic mass is 10.1. The van der Waals surface area contributed by atoms with Crippen LogP contribution in [0.25, 0.3) is 11.0 Å². The monoisotopic (exact) mass is 313 g/mol. The van der Waals surface area contributed by atoms with E-state index in [1.165, 1.54) is 18.4 Å². The summed E-state index contributed by atoms with van der Waals surface area (Å²) in [5.41, 5.74) is 2.15. The van der Waals surface area contributed by atoms with E-state index in [1.54, 1.807) is 0 Å². The van der Waals surface area contributed by atoms with Gasteiger partial charge in [-0.2, -0.15) is 0 Å². The highest BCUT2D eigenvalue weighted by molar-refractivity contribution is 9.10. The van der Waals surface area contributed by atoms with Crippen molar-refractivity contribution in [3.8, 4) is 0 Å². The molecule has 4 heteroatoms. The first-order valence-corrected chi connectivity index (χ1v) is 6.93. The Morgan fingerprint density at radius 1 is 1.47 bits per heavy atom. The SMILES string of the molecule is CNCc1oc2c(Cl)ccc(Br)c2c1C1CC1. The first-order valence-electron chi connectivity index (χ1n) is 5.76. The topological polar surface area (TPSA) is 25.2 Å². The Bertz CT molecular complexity index is 574. The molecule has 0 saturated heterocycles. The van der Waals surface area contributed by atoms with Crippen molar-refractivity contribution in [2.24, 2.45) is 0 Å². The Morgan fingerprint density at radius 2 is 2.24 bits per heavy atom. The Hall–Kier alpha value is -0.510. The van der Waals surface area contributed by atoms with Crippen LogP contribution in [0.1, 0.15) is 30.1 Å². The maximum atomic E-state index is 6.20. The van der Waals surface area contributed by atoms with Gasteiger partial charge in [0.2, 0.25) is 0 Å². The first-order chi connectivity index (χ1) is 8.22. The molecule has 17 heavy (non-hydrogen) atoms. The molecule has 3 rings (SSSR count). The first kappa shape index (κ1) is 11.6. The van der Waals surface area contributed by atoms with E-state index in [1.807, 2.05) is 19.2 Å². The zero-order valence-electron chi connectivity index (χ0n) is 9.52. The van der Waals surface area contributed by atoms with Crippen molar-refractivity contribution in [1.82, 2.24) is 5.32 Å². The van der Waals surface area contributed by atoms with Gasteiger partial charge in [0.15, 0.2) is 5.58 Å². The van der Waals surface area contributed by atoms with E-state index in [-0.39, 0.29) is 0 Å². The van der Waals surface area contributed by atoms with Crippen LogP contribution in [-0.2, 0) is 6.54 Å². The summed E-state index contributed by atoms with van der Waals surface area (Å²) in [6.07, 6.45) is 2.51. The van der Waals surface area contributed by atoms with Gasteiger partial charge in [-0.15, -0.1) is 0 Å². The molecule has 0 aliphatic heterocycles. The van der Waals surface area contributed by atoms with Gasteiger partial charge in [0.05, 0.1) is 11.6 Å². The smallest absolute Gasteiger partial charge is 0.154 e. The molecule has 1 fully saturated rings. The molecule has 0 spiro atoms. The fraction of sp³-hybridized carbons (Fsp3) is 0.385. The lowest BCUT2D eigenvalue weighted by Crippen LogP contribution is -2.05. The predicted octanol–water partition coefficient (Wildman–Crippen LogP) is 4.45. The van der Waals surface area contributed by atoms with Gasteiger partial charge in [0, 0.05) is 15.4 Å². The third-order valence-electron chi connectivity index (χ3n) is 3.18. The molecule has 2 aromatic rings. The van der Waals surface area contributed by atoms with E-state index in [0.717, 1.165) is 27.7 Å². The average Bonchev–Trinajstić information content (AvgIpc) is 3.06. The van der Waals surface area contributed by atoms with Gasteiger partial charge < -0.3 is 9.73 Å².